The van der Waals surface area contributed by atoms with Gasteiger partial charge in [-0.05, 0) is 26.2 Å². The van der Waals surface area contributed by atoms with Gasteiger partial charge in [0, 0.05) is 33.2 Å². The lowest BCUT2D eigenvalue weighted by Crippen LogP contribution is -2.63. The van der Waals surface area contributed by atoms with Gasteiger partial charge in [0.2, 0.25) is 5.91 Å². The van der Waals surface area contributed by atoms with Crippen LogP contribution in [-0.4, -0.2) is 60.5 Å². The van der Waals surface area contributed by atoms with Gasteiger partial charge in [0.1, 0.15) is 5.54 Å². The van der Waals surface area contributed by atoms with Crippen molar-refractivity contribution in [3.05, 3.63) is 0 Å². The molecule has 19 heavy (non-hydrogen) atoms. The van der Waals surface area contributed by atoms with Crippen molar-refractivity contribution in [2.45, 2.75) is 44.7 Å². The monoisotopic (exact) mass is 270 g/mol. The summed E-state index contributed by atoms with van der Waals surface area (Å²) >= 11 is 0. The maximum atomic E-state index is 11.9. The van der Waals surface area contributed by atoms with Crippen molar-refractivity contribution in [1.29, 1.82) is 0 Å². The average Bonchev–Trinajstić information content (AvgIpc) is 2.38. The van der Waals surface area contributed by atoms with Crippen molar-refractivity contribution in [2.24, 2.45) is 5.73 Å². The fourth-order valence-electron chi connectivity index (χ4n) is 2.40. The van der Waals surface area contributed by atoms with Gasteiger partial charge in [-0.1, -0.05) is 6.92 Å². The number of piperidine rings is 1. The highest BCUT2D eigenvalue weighted by atomic mass is 16.2. The molecule has 1 unspecified atom stereocenters. The van der Waals surface area contributed by atoms with Gasteiger partial charge in [-0.15, -0.1) is 0 Å². The molecule has 110 valence electrons. The van der Waals surface area contributed by atoms with E-state index in [1.807, 2.05) is 6.92 Å². The van der Waals surface area contributed by atoms with Crippen LogP contribution in [0.15, 0.2) is 0 Å². The van der Waals surface area contributed by atoms with E-state index in [1.165, 1.54) is 0 Å². The molecule has 1 aliphatic rings. The van der Waals surface area contributed by atoms with Gasteiger partial charge in [0.05, 0.1) is 0 Å². The minimum absolute atomic E-state index is 0.0124. The first kappa shape index (κ1) is 15.8. The fourth-order valence-corrected chi connectivity index (χ4v) is 2.40. The standard InChI is InChI=1S/C13H26N4O2/c1-5-10(2)15-13(11(14)18)6-8-17(9-7-13)12(19)16(3)4/h10,15H,5-9H2,1-4H3,(H2,14,18). The number of hydrogen-bond acceptors (Lipinski definition) is 3. The molecular weight excluding hydrogens is 244 g/mol. The number of urea groups is 1. The van der Waals surface area contributed by atoms with Crippen molar-refractivity contribution in [1.82, 2.24) is 15.1 Å². The molecule has 3 amide bonds. The van der Waals surface area contributed by atoms with Crippen LogP contribution in [0.2, 0.25) is 0 Å². The van der Waals surface area contributed by atoms with E-state index < -0.39 is 5.54 Å². The Morgan fingerprint density at radius 1 is 1.37 bits per heavy atom. The zero-order valence-electron chi connectivity index (χ0n) is 12.4. The number of hydrogen-bond donors (Lipinski definition) is 2. The highest BCUT2D eigenvalue weighted by molar-refractivity contribution is 5.85. The predicted octanol–water partition coefficient (Wildman–Crippen LogP) is 0.376. The van der Waals surface area contributed by atoms with Gasteiger partial charge in [-0.2, -0.15) is 0 Å². The van der Waals surface area contributed by atoms with E-state index in [-0.39, 0.29) is 18.0 Å². The van der Waals surface area contributed by atoms with Crippen LogP contribution in [-0.2, 0) is 4.79 Å². The molecule has 0 aliphatic carbocycles. The Morgan fingerprint density at radius 2 is 1.89 bits per heavy atom. The molecule has 0 aromatic heterocycles. The van der Waals surface area contributed by atoms with Crippen LogP contribution in [0, 0.1) is 0 Å². The summed E-state index contributed by atoms with van der Waals surface area (Å²) in [5, 5.41) is 3.34. The Bertz CT molecular complexity index is 336. The van der Waals surface area contributed by atoms with Crippen molar-refractivity contribution in [2.75, 3.05) is 27.2 Å². The number of carbonyl (C=O) groups is 2. The Balaban J connectivity index is 2.70. The van der Waals surface area contributed by atoms with Crippen LogP contribution in [0.4, 0.5) is 4.79 Å². The number of nitrogens with one attached hydrogen (secondary N) is 1. The summed E-state index contributed by atoms with van der Waals surface area (Å²) in [4.78, 5) is 27.0. The summed E-state index contributed by atoms with van der Waals surface area (Å²) in [7, 11) is 3.46. The normalized spacial score (nSPS) is 19.9. The van der Waals surface area contributed by atoms with Crippen molar-refractivity contribution >= 4 is 11.9 Å². The minimum atomic E-state index is -0.668. The molecule has 1 rings (SSSR count). The predicted molar refractivity (Wildman–Crippen MR) is 74.7 cm³/mol. The number of carbonyl (C=O) groups excluding carboxylic acids is 2. The highest BCUT2D eigenvalue weighted by Gasteiger charge is 2.41. The van der Waals surface area contributed by atoms with Gasteiger partial charge in [-0.3, -0.25) is 4.79 Å². The van der Waals surface area contributed by atoms with Gasteiger partial charge in [0.25, 0.3) is 0 Å². The van der Waals surface area contributed by atoms with E-state index >= 15 is 0 Å². The summed E-state index contributed by atoms with van der Waals surface area (Å²) < 4.78 is 0. The summed E-state index contributed by atoms with van der Waals surface area (Å²) in [5.41, 5.74) is 4.90. The number of nitrogens with zero attached hydrogens (tertiary/aromatic N) is 2. The maximum absolute atomic E-state index is 11.9. The zero-order chi connectivity index (χ0) is 14.6. The Hall–Kier alpha value is -1.30. The van der Waals surface area contributed by atoms with Crippen LogP contribution < -0.4 is 11.1 Å². The van der Waals surface area contributed by atoms with E-state index in [9.17, 15) is 9.59 Å². The second-order valence-corrected chi connectivity index (χ2v) is 5.56. The average molecular weight is 270 g/mol. The van der Waals surface area contributed by atoms with Crippen LogP contribution in [0.1, 0.15) is 33.1 Å². The lowest BCUT2D eigenvalue weighted by molar-refractivity contribution is -0.126. The largest absolute Gasteiger partial charge is 0.368 e. The first-order chi connectivity index (χ1) is 8.82. The summed E-state index contributed by atoms with van der Waals surface area (Å²) in [6.45, 7) is 5.23. The first-order valence-corrected chi connectivity index (χ1v) is 6.86. The van der Waals surface area contributed by atoms with Gasteiger partial charge < -0.3 is 20.9 Å². The molecule has 1 aliphatic heterocycles. The topological polar surface area (TPSA) is 78.7 Å². The minimum Gasteiger partial charge on any atom is -0.368 e. The Labute approximate surface area is 115 Å². The lowest BCUT2D eigenvalue weighted by atomic mass is 9.85. The number of amides is 3. The maximum Gasteiger partial charge on any atom is 0.319 e. The molecule has 1 atom stereocenters. The third-order valence-corrected chi connectivity index (χ3v) is 3.88. The molecule has 3 N–H and O–H groups in total. The van der Waals surface area contributed by atoms with Crippen molar-refractivity contribution < 1.29 is 9.59 Å². The third kappa shape index (κ3) is 3.59. The van der Waals surface area contributed by atoms with Crippen LogP contribution in [0.3, 0.4) is 0 Å². The van der Waals surface area contributed by atoms with Crippen molar-refractivity contribution in [3.63, 3.8) is 0 Å². The summed E-state index contributed by atoms with van der Waals surface area (Å²) in [5.74, 6) is -0.315. The second kappa shape index (κ2) is 6.23. The van der Waals surface area contributed by atoms with Crippen LogP contribution in [0.5, 0.6) is 0 Å². The van der Waals surface area contributed by atoms with E-state index in [2.05, 4.69) is 12.2 Å². The second-order valence-electron chi connectivity index (χ2n) is 5.56. The molecule has 6 heteroatoms. The molecule has 0 saturated carbocycles. The molecule has 0 bridgehead atoms. The van der Waals surface area contributed by atoms with Crippen molar-refractivity contribution in [3.8, 4) is 0 Å². The molecule has 1 heterocycles. The molecule has 0 spiro atoms. The van der Waals surface area contributed by atoms with Gasteiger partial charge in [0.15, 0.2) is 0 Å². The lowest BCUT2D eigenvalue weighted by Gasteiger charge is -2.42. The molecular formula is C13H26N4O2. The SMILES string of the molecule is CCC(C)NC1(C(N)=O)CCN(C(=O)N(C)C)CC1. The number of primary amides is 1. The molecule has 0 aromatic carbocycles. The Kier molecular flexibility index (Phi) is 5.17. The molecule has 0 radical (unpaired) electrons. The van der Waals surface area contributed by atoms with Gasteiger partial charge >= 0.3 is 6.03 Å². The Morgan fingerprint density at radius 3 is 2.26 bits per heavy atom. The van der Waals surface area contributed by atoms with E-state index in [0.29, 0.717) is 25.9 Å². The zero-order valence-corrected chi connectivity index (χ0v) is 12.4. The van der Waals surface area contributed by atoms with E-state index in [4.69, 9.17) is 5.73 Å². The molecule has 1 fully saturated rings. The number of likely N-dealkylation sites (tertiary alicyclic amines) is 1. The quantitative estimate of drug-likeness (QED) is 0.775. The third-order valence-electron chi connectivity index (χ3n) is 3.88. The first-order valence-electron chi connectivity index (χ1n) is 6.86. The van der Waals surface area contributed by atoms with Crippen LogP contribution >= 0.6 is 0 Å². The highest BCUT2D eigenvalue weighted by Crippen LogP contribution is 2.23. The smallest absolute Gasteiger partial charge is 0.319 e. The molecule has 6 nitrogen and oxygen atoms in total. The van der Waals surface area contributed by atoms with E-state index in [0.717, 1.165) is 6.42 Å². The van der Waals surface area contributed by atoms with Crippen LogP contribution in [0.25, 0.3) is 0 Å². The van der Waals surface area contributed by atoms with Gasteiger partial charge in [-0.25, -0.2) is 4.79 Å². The molecule has 1 saturated heterocycles. The van der Waals surface area contributed by atoms with E-state index in [1.54, 1.807) is 23.9 Å². The summed E-state index contributed by atoms with van der Waals surface area (Å²) in [6.07, 6.45) is 2.09. The number of nitrogens with two attached hydrogens (primary N) is 1. The fraction of sp³-hybridized carbons (Fsp3) is 0.846. The molecule has 0 aromatic rings. The summed E-state index contributed by atoms with van der Waals surface area (Å²) in [6, 6.07) is 0.227. The number of rotatable bonds is 4.